The van der Waals surface area contributed by atoms with E-state index in [1.54, 1.807) is 0 Å². The highest BCUT2D eigenvalue weighted by atomic mass is 16.2. The minimum atomic E-state index is 0.136. The van der Waals surface area contributed by atoms with Gasteiger partial charge in [-0.2, -0.15) is 0 Å². The summed E-state index contributed by atoms with van der Waals surface area (Å²) >= 11 is 0. The normalized spacial score (nSPS) is 23.0. The number of hydrogen-bond acceptors (Lipinski definition) is 2. The maximum absolute atomic E-state index is 13.3. The predicted molar refractivity (Wildman–Crippen MR) is 97.8 cm³/mol. The third-order valence-electron chi connectivity index (χ3n) is 5.47. The number of piperidine rings is 1. The smallest absolute Gasteiger partial charge is 0.258 e. The highest BCUT2D eigenvalue weighted by molar-refractivity contribution is 6.08. The van der Waals surface area contributed by atoms with Crippen molar-refractivity contribution in [2.75, 3.05) is 25.0 Å². The molecule has 2 aromatic rings. The van der Waals surface area contributed by atoms with Gasteiger partial charge in [-0.25, -0.2) is 0 Å². The fourth-order valence-corrected chi connectivity index (χ4v) is 4.18. The number of benzene rings is 2. The van der Waals surface area contributed by atoms with Gasteiger partial charge in [0.2, 0.25) is 0 Å². The molecule has 1 fully saturated rings. The summed E-state index contributed by atoms with van der Waals surface area (Å²) in [4.78, 5) is 17.7. The number of fused-ring (bicyclic) bond motifs is 3. The SMILES string of the molecule is Cc1ccc(C(=O)N2c3ccc(C)cc3[C@H]3CN(C)CC[C@H]32)cc1. The molecule has 2 aliphatic rings. The molecule has 0 radical (unpaired) electrons. The highest BCUT2D eigenvalue weighted by Crippen LogP contribution is 2.45. The zero-order chi connectivity index (χ0) is 16.8. The Morgan fingerprint density at radius 3 is 2.50 bits per heavy atom. The molecule has 24 heavy (non-hydrogen) atoms. The Morgan fingerprint density at radius 2 is 1.75 bits per heavy atom. The summed E-state index contributed by atoms with van der Waals surface area (Å²) in [6.45, 7) is 6.26. The summed E-state index contributed by atoms with van der Waals surface area (Å²) in [5.41, 5.74) is 5.68. The van der Waals surface area contributed by atoms with Crippen molar-refractivity contribution in [3.05, 3.63) is 64.7 Å². The van der Waals surface area contributed by atoms with E-state index in [0.717, 1.165) is 30.8 Å². The molecule has 0 unspecified atom stereocenters. The van der Waals surface area contributed by atoms with Crippen LogP contribution in [-0.2, 0) is 0 Å². The van der Waals surface area contributed by atoms with Gasteiger partial charge in [-0.05, 0) is 57.6 Å². The topological polar surface area (TPSA) is 23.6 Å². The molecule has 0 aliphatic carbocycles. The first kappa shape index (κ1) is 15.4. The molecule has 2 aromatic carbocycles. The minimum Gasteiger partial charge on any atom is -0.306 e. The van der Waals surface area contributed by atoms with Gasteiger partial charge >= 0.3 is 0 Å². The van der Waals surface area contributed by atoms with Crippen LogP contribution >= 0.6 is 0 Å². The molecule has 0 aromatic heterocycles. The van der Waals surface area contributed by atoms with Crippen molar-refractivity contribution in [1.82, 2.24) is 4.90 Å². The summed E-state index contributed by atoms with van der Waals surface area (Å²) in [7, 11) is 2.18. The quantitative estimate of drug-likeness (QED) is 0.799. The number of likely N-dealkylation sites (tertiary alicyclic amines) is 1. The molecule has 0 bridgehead atoms. The third-order valence-corrected chi connectivity index (χ3v) is 5.47. The van der Waals surface area contributed by atoms with Gasteiger partial charge in [0.1, 0.15) is 0 Å². The van der Waals surface area contributed by atoms with Crippen LogP contribution in [-0.4, -0.2) is 37.0 Å². The maximum atomic E-state index is 13.3. The fourth-order valence-electron chi connectivity index (χ4n) is 4.18. The lowest BCUT2D eigenvalue weighted by Gasteiger charge is -2.36. The molecule has 0 N–H and O–H groups in total. The molecule has 1 saturated heterocycles. The van der Waals surface area contributed by atoms with E-state index in [0.29, 0.717) is 5.92 Å². The van der Waals surface area contributed by atoms with E-state index in [4.69, 9.17) is 0 Å². The van der Waals surface area contributed by atoms with Crippen LogP contribution in [0.15, 0.2) is 42.5 Å². The average Bonchev–Trinajstić information content (AvgIpc) is 2.88. The summed E-state index contributed by atoms with van der Waals surface area (Å²) in [5.74, 6) is 0.560. The summed E-state index contributed by atoms with van der Waals surface area (Å²) in [5, 5.41) is 0. The Kier molecular flexibility index (Phi) is 3.69. The van der Waals surface area contributed by atoms with E-state index in [1.807, 2.05) is 24.3 Å². The number of carbonyl (C=O) groups excluding carboxylic acids is 1. The lowest BCUT2D eigenvalue weighted by atomic mass is 9.88. The largest absolute Gasteiger partial charge is 0.306 e. The van der Waals surface area contributed by atoms with Crippen LogP contribution in [0.4, 0.5) is 5.69 Å². The van der Waals surface area contributed by atoms with E-state index in [-0.39, 0.29) is 11.9 Å². The molecule has 124 valence electrons. The minimum absolute atomic E-state index is 0.136. The number of carbonyl (C=O) groups is 1. The van der Waals surface area contributed by atoms with Crippen LogP contribution < -0.4 is 4.90 Å². The first-order valence-electron chi connectivity index (χ1n) is 8.74. The van der Waals surface area contributed by atoms with E-state index in [2.05, 4.69) is 48.9 Å². The van der Waals surface area contributed by atoms with Gasteiger partial charge < -0.3 is 9.80 Å². The van der Waals surface area contributed by atoms with Crippen molar-refractivity contribution in [2.24, 2.45) is 0 Å². The standard InChI is InChI=1S/C21H24N2O/c1-14-4-7-16(8-5-14)21(24)23-19-9-6-15(2)12-17(19)18-13-22(3)11-10-20(18)23/h4-9,12,18,20H,10-11,13H2,1-3H3/t18-,20-/m1/s1. The predicted octanol–water partition coefficient (Wildman–Crippen LogP) is 3.75. The summed E-state index contributed by atoms with van der Waals surface area (Å²) in [6.07, 6.45) is 1.03. The Hall–Kier alpha value is -2.13. The Bertz CT molecular complexity index is 781. The zero-order valence-electron chi connectivity index (χ0n) is 14.6. The van der Waals surface area contributed by atoms with Crippen LogP contribution in [0.5, 0.6) is 0 Å². The molecule has 2 heterocycles. The van der Waals surface area contributed by atoms with E-state index in [9.17, 15) is 4.79 Å². The van der Waals surface area contributed by atoms with Crippen LogP contribution in [0.3, 0.4) is 0 Å². The van der Waals surface area contributed by atoms with Gasteiger partial charge in [-0.3, -0.25) is 4.79 Å². The molecule has 2 aliphatic heterocycles. The molecular formula is C21H24N2O. The van der Waals surface area contributed by atoms with Gasteiger partial charge in [0.25, 0.3) is 5.91 Å². The fraction of sp³-hybridized carbons (Fsp3) is 0.381. The van der Waals surface area contributed by atoms with Gasteiger partial charge in [-0.1, -0.05) is 35.4 Å². The maximum Gasteiger partial charge on any atom is 0.258 e. The molecule has 1 amide bonds. The van der Waals surface area contributed by atoms with Gasteiger partial charge in [0, 0.05) is 29.8 Å². The zero-order valence-corrected chi connectivity index (χ0v) is 14.6. The molecular weight excluding hydrogens is 296 g/mol. The van der Waals surface area contributed by atoms with Crippen molar-refractivity contribution >= 4 is 11.6 Å². The van der Waals surface area contributed by atoms with E-state index in [1.165, 1.54) is 16.7 Å². The van der Waals surface area contributed by atoms with Gasteiger partial charge in [0.15, 0.2) is 0 Å². The second kappa shape index (κ2) is 5.75. The van der Waals surface area contributed by atoms with Crippen LogP contribution in [0.2, 0.25) is 0 Å². The molecule has 4 rings (SSSR count). The second-order valence-corrected chi connectivity index (χ2v) is 7.33. The first-order valence-corrected chi connectivity index (χ1v) is 8.74. The number of anilines is 1. The van der Waals surface area contributed by atoms with Crippen molar-refractivity contribution in [3.63, 3.8) is 0 Å². The van der Waals surface area contributed by atoms with Gasteiger partial charge in [-0.15, -0.1) is 0 Å². The molecule has 0 spiro atoms. The number of aryl methyl sites for hydroxylation is 2. The molecule has 0 saturated carbocycles. The van der Waals surface area contributed by atoms with Crippen molar-refractivity contribution in [1.29, 1.82) is 0 Å². The van der Waals surface area contributed by atoms with Crippen molar-refractivity contribution in [3.8, 4) is 0 Å². The molecule has 2 atom stereocenters. The highest BCUT2D eigenvalue weighted by Gasteiger charge is 2.43. The van der Waals surface area contributed by atoms with Crippen LogP contribution in [0.25, 0.3) is 0 Å². The Balaban J connectivity index is 1.77. The first-order chi connectivity index (χ1) is 11.5. The van der Waals surface area contributed by atoms with Crippen molar-refractivity contribution in [2.45, 2.75) is 32.2 Å². The van der Waals surface area contributed by atoms with Crippen LogP contribution in [0.1, 0.15) is 39.4 Å². The Morgan fingerprint density at radius 1 is 1.04 bits per heavy atom. The lowest BCUT2D eigenvalue weighted by Crippen LogP contribution is -2.47. The summed E-state index contributed by atoms with van der Waals surface area (Å²) in [6, 6.07) is 14.8. The second-order valence-electron chi connectivity index (χ2n) is 7.33. The number of likely N-dealkylation sites (N-methyl/N-ethyl adjacent to an activating group) is 1. The lowest BCUT2D eigenvalue weighted by molar-refractivity contribution is 0.0964. The third kappa shape index (κ3) is 2.44. The summed E-state index contributed by atoms with van der Waals surface area (Å²) < 4.78 is 0. The number of rotatable bonds is 1. The number of nitrogens with zero attached hydrogens (tertiary/aromatic N) is 2. The van der Waals surface area contributed by atoms with E-state index >= 15 is 0 Å². The average molecular weight is 320 g/mol. The molecule has 3 nitrogen and oxygen atoms in total. The monoisotopic (exact) mass is 320 g/mol. The Labute approximate surface area is 143 Å². The van der Waals surface area contributed by atoms with Crippen LogP contribution in [0, 0.1) is 13.8 Å². The van der Waals surface area contributed by atoms with Gasteiger partial charge in [0.05, 0.1) is 0 Å². The van der Waals surface area contributed by atoms with Crippen molar-refractivity contribution < 1.29 is 4.79 Å². The number of amides is 1. The molecule has 3 heteroatoms. The van der Waals surface area contributed by atoms with E-state index < -0.39 is 0 Å². The number of hydrogen-bond donors (Lipinski definition) is 0.